The molecular weight excluding hydrogens is 204 g/mol. The first kappa shape index (κ1) is 12.6. The number of hydrogen-bond donors (Lipinski definition) is 2. The van der Waals surface area contributed by atoms with Crippen molar-refractivity contribution in [2.45, 2.75) is 33.2 Å². The topological polar surface area (TPSA) is 80.9 Å². The van der Waals surface area contributed by atoms with E-state index >= 15 is 0 Å². The highest BCUT2D eigenvalue weighted by Gasteiger charge is 2.40. The van der Waals surface area contributed by atoms with Crippen molar-refractivity contribution < 1.29 is 4.79 Å². The lowest BCUT2D eigenvalue weighted by atomic mass is 9.74. The first-order valence-corrected chi connectivity index (χ1v) is 5.10. The number of rotatable bonds is 3. The maximum absolute atomic E-state index is 12.0. The summed E-state index contributed by atoms with van der Waals surface area (Å²) in [6, 6.07) is 0. The van der Waals surface area contributed by atoms with Gasteiger partial charge >= 0.3 is 0 Å². The predicted molar refractivity (Wildman–Crippen MR) is 62.7 cm³/mol. The standard InChI is InChI=1S/C11H18N4O/c1-10(2,11(3,4)12)9(16)15-8-5-13-7-14-6-8/h5-7H,12H2,1-4H3,(H,15,16). The summed E-state index contributed by atoms with van der Waals surface area (Å²) in [5.41, 5.74) is 5.27. The van der Waals surface area contributed by atoms with Gasteiger partial charge in [-0.25, -0.2) is 9.97 Å². The number of nitrogens with one attached hydrogen (secondary N) is 1. The summed E-state index contributed by atoms with van der Waals surface area (Å²) in [6.07, 6.45) is 4.50. The van der Waals surface area contributed by atoms with E-state index in [-0.39, 0.29) is 5.91 Å². The number of carbonyl (C=O) groups excluding carboxylic acids is 1. The quantitative estimate of drug-likeness (QED) is 0.804. The fourth-order valence-electron chi connectivity index (χ4n) is 0.944. The average Bonchev–Trinajstić information content (AvgIpc) is 2.17. The Balaban J connectivity index is 2.81. The third-order valence-electron chi connectivity index (χ3n) is 3.00. The second kappa shape index (κ2) is 4.17. The predicted octanol–water partition coefficient (Wildman–Crippen LogP) is 1.18. The van der Waals surface area contributed by atoms with Gasteiger partial charge in [0.15, 0.2) is 0 Å². The van der Waals surface area contributed by atoms with Crippen LogP contribution in [-0.2, 0) is 4.79 Å². The van der Waals surface area contributed by atoms with Crippen molar-refractivity contribution in [3.63, 3.8) is 0 Å². The Bertz CT molecular complexity index is 367. The molecule has 0 bridgehead atoms. The van der Waals surface area contributed by atoms with Crippen molar-refractivity contribution in [1.82, 2.24) is 9.97 Å². The summed E-state index contributed by atoms with van der Waals surface area (Å²) < 4.78 is 0. The number of nitrogens with two attached hydrogens (primary N) is 1. The third-order valence-corrected chi connectivity index (χ3v) is 3.00. The zero-order valence-electron chi connectivity index (χ0n) is 10.1. The number of aromatic nitrogens is 2. The molecule has 1 heterocycles. The van der Waals surface area contributed by atoms with Crippen molar-refractivity contribution in [1.29, 1.82) is 0 Å². The van der Waals surface area contributed by atoms with Gasteiger partial charge in [0.05, 0.1) is 23.5 Å². The van der Waals surface area contributed by atoms with Gasteiger partial charge < -0.3 is 11.1 Å². The van der Waals surface area contributed by atoms with Crippen molar-refractivity contribution in [2.75, 3.05) is 5.32 Å². The SMILES string of the molecule is CC(C)(N)C(C)(C)C(=O)Nc1cncnc1. The van der Waals surface area contributed by atoms with Gasteiger partial charge in [0, 0.05) is 5.54 Å². The van der Waals surface area contributed by atoms with E-state index in [1.807, 2.05) is 27.7 Å². The highest BCUT2D eigenvalue weighted by Crippen LogP contribution is 2.29. The Morgan fingerprint density at radius 2 is 1.75 bits per heavy atom. The average molecular weight is 222 g/mol. The maximum Gasteiger partial charge on any atom is 0.231 e. The molecule has 0 saturated heterocycles. The van der Waals surface area contributed by atoms with Gasteiger partial charge in [-0.3, -0.25) is 4.79 Å². The highest BCUT2D eigenvalue weighted by atomic mass is 16.2. The molecule has 1 amide bonds. The summed E-state index contributed by atoms with van der Waals surface area (Å²) >= 11 is 0. The molecule has 1 rings (SSSR count). The van der Waals surface area contributed by atoms with Crippen LogP contribution in [0.1, 0.15) is 27.7 Å². The van der Waals surface area contributed by atoms with E-state index in [0.717, 1.165) is 0 Å². The molecular formula is C11H18N4O. The van der Waals surface area contributed by atoms with Gasteiger partial charge in [0.1, 0.15) is 6.33 Å². The van der Waals surface area contributed by atoms with Gasteiger partial charge in [0.25, 0.3) is 0 Å². The highest BCUT2D eigenvalue weighted by molar-refractivity contribution is 5.95. The molecule has 3 N–H and O–H groups in total. The van der Waals surface area contributed by atoms with Crippen LogP contribution in [0.25, 0.3) is 0 Å². The van der Waals surface area contributed by atoms with E-state index in [0.29, 0.717) is 5.69 Å². The molecule has 0 spiro atoms. The number of amides is 1. The summed E-state index contributed by atoms with van der Waals surface area (Å²) in [5.74, 6) is -0.144. The molecule has 0 aliphatic carbocycles. The van der Waals surface area contributed by atoms with Crippen LogP contribution in [-0.4, -0.2) is 21.4 Å². The van der Waals surface area contributed by atoms with Crippen molar-refractivity contribution in [2.24, 2.45) is 11.1 Å². The lowest BCUT2D eigenvalue weighted by Gasteiger charge is -2.36. The van der Waals surface area contributed by atoms with Crippen LogP contribution in [0.15, 0.2) is 18.7 Å². The summed E-state index contributed by atoms with van der Waals surface area (Å²) in [5, 5.41) is 2.74. The molecule has 0 radical (unpaired) electrons. The van der Waals surface area contributed by atoms with E-state index in [1.54, 1.807) is 12.4 Å². The largest absolute Gasteiger partial charge is 0.325 e. The Morgan fingerprint density at radius 3 is 2.19 bits per heavy atom. The summed E-state index contributed by atoms with van der Waals surface area (Å²) in [4.78, 5) is 19.7. The van der Waals surface area contributed by atoms with Crippen LogP contribution in [0.5, 0.6) is 0 Å². The second-order valence-electron chi connectivity index (χ2n) is 4.93. The third kappa shape index (κ3) is 2.55. The van der Waals surface area contributed by atoms with Crippen LogP contribution in [0.4, 0.5) is 5.69 Å². The maximum atomic E-state index is 12.0. The second-order valence-corrected chi connectivity index (χ2v) is 4.93. The van der Waals surface area contributed by atoms with Gasteiger partial charge in [-0.2, -0.15) is 0 Å². The van der Waals surface area contributed by atoms with Crippen LogP contribution in [0, 0.1) is 5.41 Å². The Kier molecular flexibility index (Phi) is 3.28. The Morgan fingerprint density at radius 1 is 1.25 bits per heavy atom. The van der Waals surface area contributed by atoms with E-state index in [1.165, 1.54) is 6.33 Å². The van der Waals surface area contributed by atoms with E-state index in [4.69, 9.17) is 5.73 Å². The molecule has 1 aromatic heterocycles. The van der Waals surface area contributed by atoms with E-state index < -0.39 is 11.0 Å². The lowest BCUT2D eigenvalue weighted by molar-refractivity contribution is -0.126. The summed E-state index contributed by atoms with van der Waals surface area (Å²) in [7, 11) is 0. The zero-order valence-corrected chi connectivity index (χ0v) is 10.1. The van der Waals surface area contributed by atoms with Crippen LogP contribution >= 0.6 is 0 Å². The van der Waals surface area contributed by atoms with Gasteiger partial charge in [-0.15, -0.1) is 0 Å². The molecule has 88 valence electrons. The summed E-state index contributed by atoms with van der Waals surface area (Å²) in [6.45, 7) is 7.28. The minimum atomic E-state index is -0.678. The first-order chi connectivity index (χ1) is 7.25. The fraction of sp³-hybridized carbons (Fsp3) is 0.545. The van der Waals surface area contributed by atoms with Crippen molar-refractivity contribution in [3.8, 4) is 0 Å². The van der Waals surface area contributed by atoms with E-state index in [2.05, 4.69) is 15.3 Å². The number of hydrogen-bond acceptors (Lipinski definition) is 4. The smallest absolute Gasteiger partial charge is 0.231 e. The molecule has 0 aliphatic rings. The van der Waals surface area contributed by atoms with Crippen LogP contribution < -0.4 is 11.1 Å². The molecule has 0 aromatic carbocycles. The Hall–Kier alpha value is -1.49. The van der Waals surface area contributed by atoms with Gasteiger partial charge in [-0.1, -0.05) is 0 Å². The monoisotopic (exact) mass is 222 g/mol. The minimum Gasteiger partial charge on any atom is -0.325 e. The van der Waals surface area contributed by atoms with Crippen molar-refractivity contribution >= 4 is 11.6 Å². The molecule has 0 unspecified atom stereocenters. The van der Waals surface area contributed by atoms with Gasteiger partial charge in [0.2, 0.25) is 5.91 Å². The molecule has 5 nitrogen and oxygen atoms in total. The van der Waals surface area contributed by atoms with E-state index in [9.17, 15) is 4.79 Å². The minimum absolute atomic E-state index is 0.144. The fourth-order valence-corrected chi connectivity index (χ4v) is 0.944. The molecule has 0 saturated carbocycles. The molecule has 0 fully saturated rings. The molecule has 5 heteroatoms. The van der Waals surface area contributed by atoms with Crippen LogP contribution in [0.3, 0.4) is 0 Å². The zero-order chi connectivity index (χ0) is 12.4. The molecule has 16 heavy (non-hydrogen) atoms. The number of carbonyl (C=O) groups is 1. The number of nitrogens with zero attached hydrogens (tertiary/aromatic N) is 2. The number of anilines is 1. The first-order valence-electron chi connectivity index (χ1n) is 5.10. The molecule has 1 aromatic rings. The normalized spacial score (nSPS) is 12.3. The van der Waals surface area contributed by atoms with Crippen LogP contribution in [0.2, 0.25) is 0 Å². The molecule has 0 aliphatic heterocycles. The lowest BCUT2D eigenvalue weighted by Crippen LogP contribution is -2.53. The van der Waals surface area contributed by atoms with Crippen molar-refractivity contribution in [3.05, 3.63) is 18.7 Å². The van der Waals surface area contributed by atoms with Gasteiger partial charge in [-0.05, 0) is 27.7 Å². The molecule has 0 atom stereocenters. The Labute approximate surface area is 95.5 Å².